The molecule has 0 bridgehead atoms. The molecule has 2 nitrogen and oxygen atoms in total. The van der Waals surface area contributed by atoms with Crippen molar-refractivity contribution < 1.29 is 30.3 Å². The van der Waals surface area contributed by atoms with Crippen LogP contribution in [0.25, 0.3) is 0 Å². The molecule has 2 aromatic carbocycles. The molecule has 1 N–H and O–H groups in total. The monoisotopic (exact) mass is 333 g/mol. The van der Waals surface area contributed by atoms with Crippen molar-refractivity contribution in [2.45, 2.75) is 0 Å². The predicted molar refractivity (Wildman–Crippen MR) is 68.9 cm³/mol. The molecule has 0 radical (unpaired) electrons. The van der Waals surface area contributed by atoms with Crippen molar-refractivity contribution >= 4 is 6.29 Å². The maximum Gasteiger partial charge on any atom is 0.117 e. The normalized spacial score (nSPS) is 8.33. The molecular weight excluding hydrogens is 319 g/mol. The van der Waals surface area contributed by atoms with Crippen molar-refractivity contribution in [2.75, 3.05) is 7.11 Å². The summed E-state index contributed by atoms with van der Waals surface area (Å²) in [5, 5.41) is 7.00. The fourth-order valence-corrected chi connectivity index (χ4v) is 1.48. The SMILES string of the molecule is CO.O=Cc1ccccc1[CH-]c1ccccc1.[Pd]. The quantitative estimate of drug-likeness (QED) is 0.533. The third-order valence-electron chi connectivity index (χ3n) is 2.24. The van der Waals surface area contributed by atoms with Gasteiger partial charge in [-0.3, -0.25) is 0 Å². The molecule has 0 aliphatic rings. The van der Waals surface area contributed by atoms with Gasteiger partial charge in [-0.15, -0.1) is 35.7 Å². The Kier molecular flexibility index (Phi) is 8.87. The predicted octanol–water partition coefficient (Wildman–Crippen LogP) is 2.71. The van der Waals surface area contributed by atoms with Crippen LogP contribution in [0.4, 0.5) is 0 Å². The molecule has 0 saturated carbocycles. The Morgan fingerprint density at radius 2 is 1.50 bits per heavy atom. The maximum absolute atomic E-state index is 10.8. The largest absolute Gasteiger partial charge is 0.400 e. The number of aldehydes is 1. The summed E-state index contributed by atoms with van der Waals surface area (Å²) in [5.41, 5.74) is 2.78. The number of hydrogen-bond acceptors (Lipinski definition) is 2. The number of aliphatic hydroxyl groups excluding tert-OH is 1. The van der Waals surface area contributed by atoms with E-state index in [2.05, 4.69) is 0 Å². The van der Waals surface area contributed by atoms with E-state index in [1.807, 2.05) is 61.0 Å². The summed E-state index contributed by atoms with van der Waals surface area (Å²) in [4.78, 5) is 10.8. The third-order valence-corrected chi connectivity index (χ3v) is 2.24. The van der Waals surface area contributed by atoms with Gasteiger partial charge in [0.05, 0.1) is 0 Å². The average molecular weight is 334 g/mol. The fourth-order valence-electron chi connectivity index (χ4n) is 1.48. The summed E-state index contributed by atoms with van der Waals surface area (Å²) in [7, 11) is 1.00. The second-order valence-corrected chi connectivity index (χ2v) is 3.30. The van der Waals surface area contributed by atoms with Gasteiger partial charge in [0.25, 0.3) is 0 Å². The first kappa shape index (κ1) is 16.6. The Hall–Kier alpha value is -1.40. The zero-order valence-electron chi connectivity index (χ0n) is 10.0. The van der Waals surface area contributed by atoms with Crippen LogP contribution in [0, 0.1) is 6.42 Å². The van der Waals surface area contributed by atoms with Crippen LogP contribution in [0.15, 0.2) is 54.6 Å². The molecule has 98 valence electrons. The third kappa shape index (κ3) is 4.85. The Labute approximate surface area is 121 Å². The van der Waals surface area contributed by atoms with Gasteiger partial charge in [-0.05, 0) is 5.56 Å². The van der Waals surface area contributed by atoms with E-state index in [1.54, 1.807) is 0 Å². The van der Waals surface area contributed by atoms with E-state index in [1.165, 1.54) is 0 Å². The number of carbonyl (C=O) groups is 1. The topological polar surface area (TPSA) is 37.3 Å². The van der Waals surface area contributed by atoms with Crippen molar-refractivity contribution in [3.63, 3.8) is 0 Å². The van der Waals surface area contributed by atoms with E-state index in [-0.39, 0.29) is 20.4 Å². The van der Waals surface area contributed by atoms with Crippen LogP contribution in [0.3, 0.4) is 0 Å². The number of hydrogen-bond donors (Lipinski definition) is 1. The molecule has 18 heavy (non-hydrogen) atoms. The van der Waals surface area contributed by atoms with E-state index in [4.69, 9.17) is 5.11 Å². The van der Waals surface area contributed by atoms with Gasteiger partial charge in [0, 0.05) is 27.5 Å². The van der Waals surface area contributed by atoms with Crippen LogP contribution in [0.5, 0.6) is 0 Å². The first-order chi connectivity index (χ1) is 8.40. The van der Waals surface area contributed by atoms with E-state index < -0.39 is 0 Å². The summed E-state index contributed by atoms with van der Waals surface area (Å²) in [5.74, 6) is 0. The van der Waals surface area contributed by atoms with Crippen LogP contribution in [-0.2, 0) is 20.4 Å². The minimum Gasteiger partial charge on any atom is -0.400 e. The van der Waals surface area contributed by atoms with Crippen LogP contribution < -0.4 is 0 Å². The van der Waals surface area contributed by atoms with E-state index in [0.717, 1.165) is 30.1 Å². The molecular formula is C15H15O2Pd-. The molecule has 0 saturated heterocycles. The van der Waals surface area contributed by atoms with E-state index in [0.29, 0.717) is 0 Å². The van der Waals surface area contributed by atoms with Crippen molar-refractivity contribution in [3.05, 3.63) is 77.7 Å². The van der Waals surface area contributed by atoms with Crippen LogP contribution in [0.1, 0.15) is 21.5 Å². The Balaban J connectivity index is 0.000000917. The van der Waals surface area contributed by atoms with Gasteiger partial charge >= 0.3 is 0 Å². The van der Waals surface area contributed by atoms with Crippen molar-refractivity contribution in [1.29, 1.82) is 0 Å². The molecule has 0 spiro atoms. The fraction of sp³-hybridized carbons (Fsp3) is 0.0667. The number of aliphatic hydroxyl groups is 1. The molecule has 2 rings (SSSR count). The maximum atomic E-state index is 10.8. The summed E-state index contributed by atoms with van der Waals surface area (Å²) in [6.45, 7) is 0. The smallest absolute Gasteiger partial charge is 0.117 e. The number of benzene rings is 2. The Bertz CT molecular complexity index is 455. The minimum atomic E-state index is 0. The molecule has 0 aromatic heterocycles. The molecule has 0 atom stereocenters. The first-order valence-corrected chi connectivity index (χ1v) is 5.29. The molecule has 0 amide bonds. The van der Waals surface area contributed by atoms with Gasteiger partial charge in [-0.25, -0.2) is 0 Å². The second kappa shape index (κ2) is 9.61. The summed E-state index contributed by atoms with van der Waals surface area (Å²) >= 11 is 0. The molecule has 0 aliphatic heterocycles. The second-order valence-electron chi connectivity index (χ2n) is 3.30. The summed E-state index contributed by atoms with van der Waals surface area (Å²) in [6.07, 6.45) is 2.89. The molecule has 0 fully saturated rings. The van der Waals surface area contributed by atoms with Crippen LogP contribution in [0.2, 0.25) is 0 Å². The van der Waals surface area contributed by atoms with Crippen molar-refractivity contribution in [1.82, 2.24) is 0 Å². The number of carbonyl (C=O) groups excluding carboxylic acids is 1. The van der Waals surface area contributed by atoms with Crippen molar-refractivity contribution in [3.8, 4) is 0 Å². The Morgan fingerprint density at radius 1 is 0.944 bits per heavy atom. The molecule has 3 heteroatoms. The zero-order valence-corrected chi connectivity index (χ0v) is 11.6. The van der Waals surface area contributed by atoms with Gasteiger partial charge in [-0.1, -0.05) is 36.4 Å². The van der Waals surface area contributed by atoms with E-state index >= 15 is 0 Å². The molecule has 0 unspecified atom stereocenters. The van der Waals surface area contributed by atoms with Crippen molar-refractivity contribution in [2.24, 2.45) is 0 Å². The molecule has 0 aliphatic carbocycles. The number of rotatable bonds is 3. The Morgan fingerprint density at radius 3 is 2.11 bits per heavy atom. The van der Waals surface area contributed by atoms with Gasteiger partial charge in [0.2, 0.25) is 0 Å². The van der Waals surface area contributed by atoms with Gasteiger partial charge in [-0.2, -0.15) is 0 Å². The molecule has 2 aromatic rings. The van der Waals surface area contributed by atoms with Crippen LogP contribution in [-0.4, -0.2) is 18.5 Å². The molecule has 0 heterocycles. The van der Waals surface area contributed by atoms with Gasteiger partial charge in [0.1, 0.15) is 6.29 Å². The van der Waals surface area contributed by atoms with Crippen LogP contribution >= 0.6 is 0 Å². The average Bonchev–Trinajstić information content (AvgIpc) is 2.43. The van der Waals surface area contributed by atoms with Gasteiger partial charge < -0.3 is 9.90 Å². The van der Waals surface area contributed by atoms with E-state index in [9.17, 15) is 4.79 Å². The summed E-state index contributed by atoms with van der Waals surface area (Å²) < 4.78 is 0. The summed E-state index contributed by atoms with van der Waals surface area (Å²) in [6, 6.07) is 17.5. The zero-order chi connectivity index (χ0) is 12.5. The first-order valence-electron chi connectivity index (χ1n) is 5.29. The minimum absolute atomic E-state index is 0. The van der Waals surface area contributed by atoms with Gasteiger partial charge in [0.15, 0.2) is 0 Å². The standard InChI is InChI=1S/C14H11O.CH4O.Pd/c15-11-14-9-5-4-8-13(14)10-12-6-2-1-3-7-12;1-2;/h1-11H;2H,1H3;/q-1;;.